The lowest BCUT2D eigenvalue weighted by atomic mass is 9.83. The highest BCUT2D eigenvalue weighted by Crippen LogP contribution is 2.57. The molecule has 9 heteroatoms. The van der Waals surface area contributed by atoms with Gasteiger partial charge in [0, 0.05) is 40.8 Å². The number of nitrogens with zero attached hydrogens (tertiary/aromatic N) is 4. The van der Waals surface area contributed by atoms with Crippen molar-refractivity contribution in [3.05, 3.63) is 77.9 Å². The maximum atomic E-state index is 15.3. The topological polar surface area (TPSA) is 115 Å². The predicted octanol–water partition coefficient (Wildman–Crippen LogP) is 4.03. The number of pyridine rings is 1. The van der Waals surface area contributed by atoms with E-state index in [4.69, 9.17) is 10.7 Å². The molecule has 3 heterocycles. The number of carbonyl (C=O) groups is 2. The number of halogens is 1. The van der Waals surface area contributed by atoms with Crippen molar-refractivity contribution in [2.75, 3.05) is 5.73 Å². The first-order chi connectivity index (χ1) is 18.8. The van der Waals surface area contributed by atoms with Crippen LogP contribution >= 0.6 is 0 Å². The first-order valence-corrected chi connectivity index (χ1v) is 12.9. The molecule has 8 nitrogen and oxygen atoms in total. The third-order valence-electron chi connectivity index (χ3n) is 8.13. The number of nitrogens with one attached hydrogen (secondary N) is 1. The monoisotopic (exact) mass is 522 g/mol. The number of amides is 1. The summed E-state index contributed by atoms with van der Waals surface area (Å²) in [6.07, 6.45) is 9.17. The summed E-state index contributed by atoms with van der Waals surface area (Å²) in [4.78, 5) is 38.6. The van der Waals surface area contributed by atoms with Gasteiger partial charge in [-0.1, -0.05) is 18.1 Å². The molecule has 0 unspecified atom stereocenters. The zero-order valence-electron chi connectivity index (χ0n) is 21.5. The highest BCUT2D eigenvalue weighted by molar-refractivity contribution is 5.98. The molecule has 2 bridgehead atoms. The number of nitrogens with two attached hydrogens (primary N) is 1. The second kappa shape index (κ2) is 9.31. The first kappa shape index (κ1) is 24.7. The van der Waals surface area contributed by atoms with Crippen LogP contribution in [-0.2, 0) is 16.6 Å². The number of aromatic nitrogens is 4. The number of hydrogen-bond donors (Lipinski definition) is 2. The molecule has 0 aliphatic heterocycles. The van der Waals surface area contributed by atoms with E-state index >= 15 is 4.39 Å². The van der Waals surface area contributed by atoms with Crippen molar-refractivity contribution in [1.82, 2.24) is 24.7 Å². The zero-order valence-corrected chi connectivity index (χ0v) is 21.5. The third kappa shape index (κ3) is 4.22. The van der Waals surface area contributed by atoms with Gasteiger partial charge in [-0.25, -0.2) is 14.4 Å². The Morgan fingerprint density at radius 2 is 1.95 bits per heavy atom. The zero-order chi connectivity index (χ0) is 27.2. The fourth-order valence-corrected chi connectivity index (χ4v) is 6.36. The summed E-state index contributed by atoms with van der Waals surface area (Å²) in [7, 11) is 0. The molecule has 39 heavy (non-hydrogen) atoms. The van der Waals surface area contributed by atoms with E-state index < -0.39 is 5.82 Å². The molecule has 2 fully saturated rings. The van der Waals surface area contributed by atoms with Crippen LogP contribution in [0.2, 0.25) is 0 Å². The number of rotatable bonds is 6. The number of imidazole rings is 1. The molecule has 0 atom stereocenters. The van der Waals surface area contributed by atoms with Gasteiger partial charge in [-0.3, -0.25) is 19.0 Å². The number of Topliss-reactive ketones (excluding diaryl/α,β-unsaturated/α-hetero) is 1. The SMILES string of the molecule is CC#CC(=O)NC12CCC(c3nc(-c4ccc(C(=O)Cc5ccccn5)c(F)c4)c4c(N)nccn34)(CC1)C2. The molecule has 6 rings (SSSR count). The van der Waals surface area contributed by atoms with Crippen LogP contribution in [0.15, 0.2) is 55.0 Å². The molecular formula is C30H27FN6O2. The lowest BCUT2D eigenvalue weighted by molar-refractivity contribution is -0.117. The average Bonchev–Trinajstić information content (AvgIpc) is 3.60. The largest absolute Gasteiger partial charge is 0.382 e. The Morgan fingerprint density at radius 1 is 1.13 bits per heavy atom. The Bertz CT molecular complexity index is 1680. The molecule has 196 valence electrons. The summed E-state index contributed by atoms with van der Waals surface area (Å²) >= 11 is 0. The molecule has 4 aromatic rings. The van der Waals surface area contributed by atoms with Crippen LogP contribution in [0.1, 0.15) is 60.9 Å². The molecule has 2 aliphatic rings. The van der Waals surface area contributed by atoms with Gasteiger partial charge in [0.05, 0.1) is 12.0 Å². The maximum absolute atomic E-state index is 15.3. The molecular weight excluding hydrogens is 495 g/mol. The van der Waals surface area contributed by atoms with Crippen LogP contribution < -0.4 is 11.1 Å². The number of ketones is 1. The molecule has 3 N–H and O–H groups in total. The maximum Gasteiger partial charge on any atom is 0.296 e. The number of benzene rings is 1. The Kier molecular flexibility index (Phi) is 5.91. The third-order valence-corrected chi connectivity index (χ3v) is 8.13. The van der Waals surface area contributed by atoms with Gasteiger partial charge in [-0.15, -0.1) is 0 Å². The summed E-state index contributed by atoms with van der Waals surface area (Å²) < 4.78 is 17.3. The van der Waals surface area contributed by atoms with Crippen LogP contribution in [0.4, 0.5) is 10.2 Å². The lowest BCUT2D eigenvalue weighted by Crippen LogP contribution is -2.44. The second-order valence-electron chi connectivity index (χ2n) is 10.5. The smallest absolute Gasteiger partial charge is 0.296 e. The van der Waals surface area contributed by atoms with E-state index in [1.165, 1.54) is 12.1 Å². The number of carbonyl (C=O) groups excluding carboxylic acids is 2. The predicted molar refractivity (Wildman–Crippen MR) is 144 cm³/mol. The highest BCUT2D eigenvalue weighted by Gasteiger charge is 2.57. The summed E-state index contributed by atoms with van der Waals surface area (Å²) in [5.41, 5.74) is 7.95. The minimum atomic E-state index is -0.628. The molecule has 1 amide bonds. The quantitative estimate of drug-likeness (QED) is 0.292. The van der Waals surface area contributed by atoms with E-state index in [0.29, 0.717) is 22.5 Å². The molecule has 1 aromatic carbocycles. The van der Waals surface area contributed by atoms with Gasteiger partial charge in [0.1, 0.15) is 28.7 Å². The van der Waals surface area contributed by atoms with E-state index in [-0.39, 0.29) is 40.4 Å². The minimum absolute atomic E-state index is 0.000112. The number of hydrogen-bond acceptors (Lipinski definition) is 6. The second-order valence-corrected chi connectivity index (χ2v) is 10.5. The fourth-order valence-electron chi connectivity index (χ4n) is 6.36. The Balaban J connectivity index is 1.36. The van der Waals surface area contributed by atoms with Gasteiger partial charge in [0.2, 0.25) is 0 Å². The van der Waals surface area contributed by atoms with Crippen LogP contribution in [0.5, 0.6) is 0 Å². The van der Waals surface area contributed by atoms with E-state index in [1.54, 1.807) is 43.6 Å². The number of nitrogen functional groups attached to an aromatic ring is 1. The number of anilines is 1. The number of fused-ring (bicyclic) bond motifs is 3. The van der Waals surface area contributed by atoms with Crippen molar-refractivity contribution in [3.63, 3.8) is 0 Å². The highest BCUT2D eigenvalue weighted by atomic mass is 19.1. The van der Waals surface area contributed by atoms with E-state index in [0.717, 1.165) is 37.9 Å². The minimum Gasteiger partial charge on any atom is -0.382 e. The van der Waals surface area contributed by atoms with Crippen molar-refractivity contribution in [2.24, 2.45) is 0 Å². The average molecular weight is 523 g/mol. The Labute approximate surface area is 224 Å². The van der Waals surface area contributed by atoms with Crippen LogP contribution in [0, 0.1) is 17.7 Å². The normalized spacial score (nSPS) is 21.5. The van der Waals surface area contributed by atoms with Crippen molar-refractivity contribution in [1.29, 1.82) is 0 Å². The molecule has 0 radical (unpaired) electrons. The van der Waals surface area contributed by atoms with Crippen molar-refractivity contribution in [3.8, 4) is 23.1 Å². The Hall–Kier alpha value is -4.58. The van der Waals surface area contributed by atoms with E-state index in [1.807, 2.05) is 10.6 Å². The molecule has 2 saturated carbocycles. The summed E-state index contributed by atoms with van der Waals surface area (Å²) in [5, 5.41) is 3.15. The van der Waals surface area contributed by atoms with Gasteiger partial charge < -0.3 is 11.1 Å². The van der Waals surface area contributed by atoms with Crippen LogP contribution in [0.25, 0.3) is 16.8 Å². The first-order valence-electron chi connectivity index (χ1n) is 12.9. The summed E-state index contributed by atoms with van der Waals surface area (Å²) in [5.74, 6) is 5.12. The van der Waals surface area contributed by atoms with Gasteiger partial charge in [0.15, 0.2) is 5.78 Å². The van der Waals surface area contributed by atoms with Gasteiger partial charge >= 0.3 is 0 Å². The standard InChI is InChI=1S/C30H27FN6O2/c1-2-5-24(39)36-30-11-9-29(18-30,10-12-30)28-35-25(26-27(32)34-14-15-37(26)28)19-7-8-21(22(31)16-19)23(38)17-20-6-3-4-13-33-20/h3-4,6-8,13-16H,9-12,17-18H2,1H3,(H2,32,34)(H,36,39). The summed E-state index contributed by atoms with van der Waals surface area (Å²) in [6.45, 7) is 1.65. The summed E-state index contributed by atoms with van der Waals surface area (Å²) in [6, 6.07) is 9.82. The fraction of sp³-hybridized carbons (Fsp3) is 0.300. The van der Waals surface area contributed by atoms with Crippen LogP contribution in [0.3, 0.4) is 0 Å². The molecule has 3 aromatic heterocycles. The van der Waals surface area contributed by atoms with Gasteiger partial charge in [-0.2, -0.15) is 0 Å². The van der Waals surface area contributed by atoms with Gasteiger partial charge in [-0.05, 0) is 69.2 Å². The Morgan fingerprint density at radius 3 is 2.67 bits per heavy atom. The molecule has 2 aliphatic carbocycles. The lowest BCUT2D eigenvalue weighted by Gasteiger charge is -2.27. The van der Waals surface area contributed by atoms with Crippen molar-refractivity contribution >= 4 is 23.0 Å². The molecule has 0 saturated heterocycles. The van der Waals surface area contributed by atoms with Gasteiger partial charge in [0.25, 0.3) is 5.91 Å². The van der Waals surface area contributed by atoms with Crippen LogP contribution in [-0.4, -0.2) is 36.6 Å². The van der Waals surface area contributed by atoms with E-state index in [2.05, 4.69) is 27.1 Å². The van der Waals surface area contributed by atoms with Crippen molar-refractivity contribution in [2.45, 2.75) is 56.4 Å². The van der Waals surface area contributed by atoms with Crippen molar-refractivity contribution < 1.29 is 14.0 Å². The molecule has 0 spiro atoms. The van der Waals surface area contributed by atoms with E-state index in [9.17, 15) is 9.59 Å².